The summed E-state index contributed by atoms with van der Waals surface area (Å²) in [7, 11) is 1.62. The fourth-order valence-electron chi connectivity index (χ4n) is 1.89. The lowest BCUT2D eigenvalue weighted by Crippen LogP contribution is -2.10. The fourth-order valence-corrected chi connectivity index (χ4v) is 1.89. The van der Waals surface area contributed by atoms with Gasteiger partial charge in [0.1, 0.15) is 29.5 Å². The Hall–Kier alpha value is -2.24. The molecule has 5 heteroatoms. The number of ether oxygens (including phenoxy) is 2. The predicted octanol–water partition coefficient (Wildman–Crippen LogP) is 3.13. The molecule has 2 aromatic rings. The number of methoxy groups -OCH3 is 1. The van der Waals surface area contributed by atoms with Crippen molar-refractivity contribution in [2.45, 2.75) is 6.61 Å². The minimum absolute atomic E-state index is 0.370. The third-order valence-electron chi connectivity index (χ3n) is 2.90. The normalized spacial score (nSPS) is 13.3. The molecule has 1 aliphatic rings. The van der Waals surface area contributed by atoms with E-state index in [4.69, 9.17) is 14.3 Å². The Balaban J connectivity index is 1.81. The zero-order valence-electron chi connectivity index (χ0n) is 10.4. The van der Waals surface area contributed by atoms with Gasteiger partial charge in [-0.1, -0.05) is 6.07 Å². The summed E-state index contributed by atoms with van der Waals surface area (Å²) in [6, 6.07) is 12.7. The summed E-state index contributed by atoms with van der Waals surface area (Å²) in [5.41, 5.74) is 1.52. The molecule has 1 N–H and O–H groups in total. The van der Waals surface area contributed by atoms with Crippen molar-refractivity contribution in [2.24, 2.45) is 0 Å². The van der Waals surface area contributed by atoms with Crippen molar-refractivity contribution in [2.75, 3.05) is 12.3 Å². The van der Waals surface area contributed by atoms with Gasteiger partial charge in [0.15, 0.2) is 0 Å². The van der Waals surface area contributed by atoms with Gasteiger partial charge in [-0.25, -0.2) is 4.84 Å². The molecule has 0 amide bonds. The largest absolute Gasteiger partial charge is 0.497 e. The van der Waals surface area contributed by atoms with Crippen LogP contribution in [0.15, 0.2) is 42.5 Å². The van der Waals surface area contributed by atoms with Crippen molar-refractivity contribution in [3.05, 3.63) is 48.0 Å². The van der Waals surface area contributed by atoms with Gasteiger partial charge in [0, 0.05) is 11.6 Å². The van der Waals surface area contributed by atoms with Crippen LogP contribution in [0.1, 0.15) is 5.56 Å². The molecule has 5 nitrogen and oxygen atoms in total. The van der Waals surface area contributed by atoms with E-state index in [2.05, 4.69) is 0 Å². The lowest BCUT2D eigenvalue weighted by atomic mass is 10.2. The summed E-state index contributed by atoms with van der Waals surface area (Å²) in [4.78, 5) is 4.98. The van der Waals surface area contributed by atoms with Crippen LogP contribution in [0.25, 0.3) is 0 Å². The summed E-state index contributed by atoms with van der Waals surface area (Å²) in [6.45, 7) is 0.370. The van der Waals surface area contributed by atoms with E-state index in [0.29, 0.717) is 23.8 Å². The molecule has 3 rings (SSSR count). The molecule has 19 heavy (non-hydrogen) atoms. The van der Waals surface area contributed by atoms with Crippen LogP contribution in [0.2, 0.25) is 0 Å². The molecule has 0 aromatic heterocycles. The highest BCUT2D eigenvalue weighted by molar-refractivity contribution is 5.56. The average molecular weight is 259 g/mol. The van der Waals surface area contributed by atoms with Crippen LogP contribution in [-0.2, 0) is 11.4 Å². The first-order valence-electron chi connectivity index (χ1n) is 5.83. The van der Waals surface area contributed by atoms with E-state index in [1.807, 2.05) is 36.4 Å². The van der Waals surface area contributed by atoms with Crippen molar-refractivity contribution in [1.29, 1.82) is 0 Å². The van der Waals surface area contributed by atoms with Gasteiger partial charge >= 0.3 is 0 Å². The monoisotopic (exact) mass is 259 g/mol. The van der Waals surface area contributed by atoms with Crippen LogP contribution in [0.5, 0.6) is 17.2 Å². The molecule has 98 valence electrons. The number of benzene rings is 2. The maximum absolute atomic E-state index is 9.48. The first-order valence-corrected chi connectivity index (χ1v) is 5.83. The topological polar surface area (TPSA) is 51.2 Å². The Labute approximate surface area is 110 Å². The van der Waals surface area contributed by atoms with Crippen LogP contribution >= 0.6 is 0 Å². The second-order valence-corrected chi connectivity index (χ2v) is 4.11. The number of hydrogen-bond acceptors (Lipinski definition) is 5. The Morgan fingerprint density at radius 3 is 2.47 bits per heavy atom. The number of anilines is 1. The van der Waals surface area contributed by atoms with Crippen LogP contribution in [0.3, 0.4) is 0 Å². The van der Waals surface area contributed by atoms with Gasteiger partial charge in [0.05, 0.1) is 7.11 Å². The van der Waals surface area contributed by atoms with Crippen molar-refractivity contribution >= 4 is 5.69 Å². The third kappa shape index (κ3) is 2.33. The molecule has 0 saturated carbocycles. The molecule has 0 aliphatic carbocycles. The molecule has 0 spiro atoms. The van der Waals surface area contributed by atoms with Crippen LogP contribution in [-0.4, -0.2) is 12.3 Å². The predicted molar refractivity (Wildman–Crippen MR) is 68.6 cm³/mol. The zero-order valence-corrected chi connectivity index (χ0v) is 10.4. The van der Waals surface area contributed by atoms with Gasteiger partial charge in [0.2, 0.25) is 0 Å². The van der Waals surface area contributed by atoms with Crippen LogP contribution in [0, 0.1) is 0 Å². The highest BCUT2D eigenvalue weighted by Crippen LogP contribution is 2.33. The summed E-state index contributed by atoms with van der Waals surface area (Å²) in [5, 5.41) is 10.2. The number of hydrogen-bond donors (Lipinski definition) is 1. The second-order valence-electron chi connectivity index (χ2n) is 4.11. The van der Waals surface area contributed by atoms with E-state index in [1.165, 1.54) is 0 Å². The second kappa shape index (κ2) is 4.79. The Morgan fingerprint density at radius 2 is 1.74 bits per heavy atom. The molecule has 2 aromatic carbocycles. The van der Waals surface area contributed by atoms with Gasteiger partial charge in [-0.05, 0) is 30.3 Å². The van der Waals surface area contributed by atoms with Gasteiger partial charge in [-0.2, -0.15) is 0 Å². The molecule has 0 bridgehead atoms. The third-order valence-corrected chi connectivity index (χ3v) is 2.90. The lowest BCUT2D eigenvalue weighted by Gasteiger charge is -2.10. The minimum Gasteiger partial charge on any atom is -0.497 e. The molecular formula is C14H13NO4. The molecule has 0 radical (unpaired) electrons. The zero-order chi connectivity index (χ0) is 13.2. The molecule has 0 saturated heterocycles. The molecule has 1 aliphatic heterocycles. The van der Waals surface area contributed by atoms with Crippen LogP contribution in [0.4, 0.5) is 5.69 Å². The van der Waals surface area contributed by atoms with Gasteiger partial charge in [-0.15, -0.1) is 5.23 Å². The Bertz CT molecular complexity index is 582. The molecule has 0 unspecified atom stereocenters. The highest BCUT2D eigenvalue weighted by atomic mass is 16.9. The van der Waals surface area contributed by atoms with E-state index in [9.17, 15) is 5.21 Å². The smallest absolute Gasteiger partial charge is 0.129 e. The number of rotatable bonds is 3. The molecule has 0 atom stereocenters. The van der Waals surface area contributed by atoms with Gasteiger partial charge in [0.25, 0.3) is 0 Å². The summed E-state index contributed by atoms with van der Waals surface area (Å²) < 4.78 is 10.8. The quantitative estimate of drug-likeness (QED) is 0.917. The minimum atomic E-state index is 0.370. The fraction of sp³-hybridized carbons (Fsp3) is 0.143. The molecule has 0 fully saturated rings. The number of nitrogens with zero attached hydrogens (tertiary/aromatic N) is 1. The molecular weight excluding hydrogens is 246 g/mol. The lowest BCUT2D eigenvalue weighted by molar-refractivity contribution is -0.0329. The standard InChI is InChI=1S/C14H13NO4/c1-17-11-4-6-12(7-5-11)19-13-3-2-10-9-18-15(16)14(10)8-13/h2-8,16H,9H2,1H3. The maximum Gasteiger partial charge on any atom is 0.129 e. The maximum atomic E-state index is 9.48. The summed E-state index contributed by atoms with van der Waals surface area (Å²) >= 11 is 0. The Kier molecular flexibility index (Phi) is 2.98. The average Bonchev–Trinajstić information content (AvgIpc) is 2.81. The van der Waals surface area contributed by atoms with Crippen molar-refractivity contribution in [3.63, 3.8) is 0 Å². The van der Waals surface area contributed by atoms with Gasteiger partial charge in [-0.3, -0.25) is 5.21 Å². The van der Waals surface area contributed by atoms with Crippen LogP contribution < -0.4 is 14.7 Å². The van der Waals surface area contributed by atoms with E-state index >= 15 is 0 Å². The van der Waals surface area contributed by atoms with Crippen molar-refractivity contribution in [3.8, 4) is 17.2 Å². The van der Waals surface area contributed by atoms with E-state index < -0.39 is 0 Å². The van der Waals surface area contributed by atoms with Crippen molar-refractivity contribution < 1.29 is 19.5 Å². The van der Waals surface area contributed by atoms with Crippen molar-refractivity contribution in [1.82, 2.24) is 0 Å². The summed E-state index contributed by atoms with van der Waals surface area (Å²) in [6.07, 6.45) is 0. The Morgan fingerprint density at radius 1 is 1.05 bits per heavy atom. The summed E-state index contributed by atoms with van der Waals surface area (Å²) in [5.74, 6) is 2.11. The highest BCUT2D eigenvalue weighted by Gasteiger charge is 2.19. The van der Waals surface area contributed by atoms with Gasteiger partial charge < -0.3 is 9.47 Å². The van der Waals surface area contributed by atoms with E-state index in [1.54, 1.807) is 13.2 Å². The van der Waals surface area contributed by atoms with E-state index in [-0.39, 0.29) is 0 Å². The first kappa shape index (κ1) is 11.8. The van der Waals surface area contributed by atoms with E-state index in [0.717, 1.165) is 16.5 Å². The SMILES string of the molecule is COc1ccc(Oc2ccc3c(c2)N(O)OC3)cc1. The number of fused-ring (bicyclic) bond motifs is 1. The molecule has 1 heterocycles. The first-order chi connectivity index (χ1) is 9.26.